The number of carbonyl (C=O) groups is 1. The van der Waals surface area contributed by atoms with Crippen LogP contribution in [0, 0.1) is 18.3 Å². The Morgan fingerprint density at radius 1 is 1.10 bits per heavy atom. The van der Waals surface area contributed by atoms with E-state index in [9.17, 15) is 10.1 Å². The molecule has 2 atom stereocenters. The van der Waals surface area contributed by atoms with Gasteiger partial charge in [-0.05, 0) is 61.7 Å². The predicted molar refractivity (Wildman–Crippen MR) is 143 cm³/mol. The molecule has 2 unspecified atom stereocenters. The van der Waals surface area contributed by atoms with Crippen molar-refractivity contribution in [1.29, 1.82) is 5.26 Å². The number of imidazole rings is 1. The standard InChI is InChI=1S/C30H33N5O4/c1-20-32-14-25-17-33-8-9-34(29(36)18-33)16-24-12-26(7-6-22(24)11-27-19-37-30(2,3)39-27)38-28-10-21(15-35(20)25)4-5-23(28)13-31/h4-7,10,12,14,27H,8-9,11,15-19H2,1-3H3. The third kappa shape index (κ3) is 5.41. The lowest BCUT2D eigenvalue weighted by Crippen LogP contribution is -2.49. The van der Waals surface area contributed by atoms with Crippen LogP contribution in [0.15, 0.2) is 42.6 Å². The van der Waals surface area contributed by atoms with Crippen molar-refractivity contribution in [2.75, 3.05) is 26.2 Å². The first-order valence-electron chi connectivity index (χ1n) is 13.4. The molecule has 9 heteroatoms. The second-order valence-corrected chi connectivity index (χ2v) is 11.0. The summed E-state index contributed by atoms with van der Waals surface area (Å²) in [5.41, 5.74) is 4.65. The highest BCUT2D eigenvalue weighted by molar-refractivity contribution is 5.79. The van der Waals surface area contributed by atoms with E-state index in [1.807, 2.05) is 68.3 Å². The molecule has 0 aliphatic carbocycles. The molecule has 39 heavy (non-hydrogen) atoms. The van der Waals surface area contributed by atoms with Crippen molar-refractivity contribution in [3.8, 4) is 17.6 Å². The molecule has 0 radical (unpaired) electrons. The van der Waals surface area contributed by atoms with Gasteiger partial charge in [0.15, 0.2) is 5.79 Å². The van der Waals surface area contributed by atoms with Gasteiger partial charge >= 0.3 is 0 Å². The maximum atomic E-state index is 13.3. The lowest BCUT2D eigenvalue weighted by molar-refractivity contribution is -0.138. The van der Waals surface area contributed by atoms with Crippen LogP contribution in [0.2, 0.25) is 0 Å². The number of fused-ring (bicyclic) bond motifs is 2. The molecule has 1 amide bonds. The summed E-state index contributed by atoms with van der Waals surface area (Å²) in [4.78, 5) is 21.9. The van der Waals surface area contributed by atoms with Gasteiger partial charge < -0.3 is 23.7 Å². The molecule has 4 aliphatic heterocycles. The van der Waals surface area contributed by atoms with E-state index < -0.39 is 5.79 Å². The van der Waals surface area contributed by atoms with Crippen LogP contribution >= 0.6 is 0 Å². The summed E-state index contributed by atoms with van der Waals surface area (Å²) in [7, 11) is 0. The number of nitriles is 1. The van der Waals surface area contributed by atoms with Gasteiger partial charge in [0.25, 0.3) is 0 Å². The monoisotopic (exact) mass is 527 g/mol. The number of aryl methyl sites for hydroxylation is 1. The number of aromatic nitrogens is 2. The van der Waals surface area contributed by atoms with Crippen LogP contribution in [0.5, 0.6) is 11.5 Å². The fourth-order valence-corrected chi connectivity index (χ4v) is 5.62. The van der Waals surface area contributed by atoms with Crippen molar-refractivity contribution in [3.63, 3.8) is 0 Å². The van der Waals surface area contributed by atoms with E-state index in [4.69, 9.17) is 14.2 Å². The topological polar surface area (TPSA) is 92.8 Å². The molecule has 2 fully saturated rings. The van der Waals surface area contributed by atoms with Crippen LogP contribution in [0.25, 0.3) is 0 Å². The van der Waals surface area contributed by atoms with Gasteiger partial charge in [-0.3, -0.25) is 9.69 Å². The highest BCUT2D eigenvalue weighted by Gasteiger charge is 2.33. The Bertz CT molecular complexity index is 1460. The number of nitrogens with zero attached hydrogens (tertiary/aromatic N) is 5. The van der Waals surface area contributed by atoms with Crippen LogP contribution < -0.4 is 4.74 Å². The number of benzene rings is 2. The molecular weight excluding hydrogens is 494 g/mol. The quantitative estimate of drug-likeness (QED) is 0.501. The average Bonchev–Trinajstić information content (AvgIpc) is 3.42. The van der Waals surface area contributed by atoms with Crippen molar-refractivity contribution in [1.82, 2.24) is 19.4 Å². The Balaban J connectivity index is 1.39. The summed E-state index contributed by atoms with van der Waals surface area (Å²) in [6.07, 6.45) is 2.50. The third-order valence-corrected chi connectivity index (χ3v) is 7.71. The van der Waals surface area contributed by atoms with Crippen LogP contribution in [0.4, 0.5) is 0 Å². The number of hydrogen-bond acceptors (Lipinski definition) is 7. The zero-order chi connectivity index (χ0) is 27.1. The van der Waals surface area contributed by atoms with E-state index in [-0.39, 0.29) is 12.0 Å². The fraction of sp³-hybridized carbons (Fsp3) is 0.433. The number of amides is 1. The van der Waals surface area contributed by atoms with Gasteiger partial charge in [0.1, 0.15) is 23.4 Å². The summed E-state index contributed by atoms with van der Waals surface area (Å²) < 4.78 is 20.4. The third-order valence-electron chi connectivity index (χ3n) is 7.71. The Hall–Kier alpha value is -3.71. The molecule has 0 spiro atoms. The molecule has 3 aromatic rings. The Morgan fingerprint density at radius 2 is 1.97 bits per heavy atom. The van der Waals surface area contributed by atoms with Gasteiger partial charge in [-0.2, -0.15) is 5.26 Å². The molecule has 4 aliphatic rings. The van der Waals surface area contributed by atoms with Gasteiger partial charge in [0, 0.05) is 45.3 Å². The van der Waals surface area contributed by atoms with Crippen molar-refractivity contribution in [2.24, 2.45) is 0 Å². The number of ether oxygens (including phenoxy) is 3. The summed E-state index contributed by atoms with van der Waals surface area (Å²) in [6.45, 7) is 9.88. The molecule has 0 N–H and O–H groups in total. The highest BCUT2D eigenvalue weighted by Crippen LogP contribution is 2.32. The summed E-state index contributed by atoms with van der Waals surface area (Å²) >= 11 is 0. The highest BCUT2D eigenvalue weighted by atomic mass is 16.7. The minimum absolute atomic E-state index is 0.0638. The Labute approximate surface area is 228 Å². The van der Waals surface area contributed by atoms with E-state index in [1.54, 1.807) is 0 Å². The van der Waals surface area contributed by atoms with Crippen LogP contribution in [-0.4, -0.2) is 63.4 Å². The Kier molecular flexibility index (Phi) is 6.63. The van der Waals surface area contributed by atoms with Crippen LogP contribution in [0.3, 0.4) is 0 Å². The number of hydrogen-bond donors (Lipinski definition) is 0. The minimum Gasteiger partial charge on any atom is -0.456 e. The second kappa shape index (κ2) is 10.1. The normalized spacial score (nSPS) is 22.3. The van der Waals surface area contributed by atoms with Crippen molar-refractivity contribution in [2.45, 2.75) is 58.7 Å². The molecule has 6 bridgehead atoms. The van der Waals surface area contributed by atoms with E-state index in [0.717, 1.165) is 34.8 Å². The maximum absolute atomic E-state index is 13.3. The maximum Gasteiger partial charge on any atom is 0.237 e. The van der Waals surface area contributed by atoms with Gasteiger partial charge in [0.05, 0.1) is 30.5 Å². The zero-order valence-corrected chi connectivity index (χ0v) is 22.6. The number of rotatable bonds is 2. The largest absolute Gasteiger partial charge is 0.456 e. The van der Waals surface area contributed by atoms with Gasteiger partial charge in [-0.25, -0.2) is 4.98 Å². The number of carbonyl (C=O) groups excluding carboxylic acids is 1. The number of piperazine rings is 1. The van der Waals surface area contributed by atoms with Gasteiger partial charge in [-0.15, -0.1) is 0 Å². The molecule has 0 saturated carbocycles. The molecule has 2 saturated heterocycles. The molecule has 2 aromatic carbocycles. The van der Waals surface area contributed by atoms with Crippen LogP contribution in [-0.2, 0) is 40.3 Å². The van der Waals surface area contributed by atoms with Gasteiger partial charge in [-0.1, -0.05) is 12.1 Å². The molecule has 1 aromatic heterocycles. The van der Waals surface area contributed by atoms with Gasteiger partial charge in [0.2, 0.25) is 5.91 Å². The van der Waals surface area contributed by atoms with E-state index in [1.165, 1.54) is 0 Å². The fourth-order valence-electron chi connectivity index (χ4n) is 5.62. The first kappa shape index (κ1) is 25.6. The summed E-state index contributed by atoms with van der Waals surface area (Å²) in [5.74, 6) is 1.55. The lowest BCUT2D eigenvalue weighted by Gasteiger charge is -2.35. The summed E-state index contributed by atoms with van der Waals surface area (Å²) in [6, 6.07) is 13.9. The molecular formula is C30H33N5O4. The Morgan fingerprint density at radius 3 is 2.74 bits per heavy atom. The minimum atomic E-state index is -0.599. The molecule has 9 nitrogen and oxygen atoms in total. The van der Waals surface area contributed by atoms with E-state index in [2.05, 4.69) is 20.5 Å². The van der Waals surface area contributed by atoms with Crippen molar-refractivity contribution in [3.05, 3.63) is 76.4 Å². The zero-order valence-electron chi connectivity index (χ0n) is 22.6. The van der Waals surface area contributed by atoms with Crippen molar-refractivity contribution < 1.29 is 19.0 Å². The van der Waals surface area contributed by atoms with Crippen LogP contribution in [0.1, 0.15) is 47.6 Å². The lowest BCUT2D eigenvalue weighted by atomic mass is 10.00. The molecule has 202 valence electrons. The van der Waals surface area contributed by atoms with E-state index >= 15 is 0 Å². The molecule has 7 rings (SSSR count). The van der Waals surface area contributed by atoms with Crippen molar-refractivity contribution >= 4 is 5.91 Å². The smallest absolute Gasteiger partial charge is 0.237 e. The summed E-state index contributed by atoms with van der Waals surface area (Å²) in [5, 5.41) is 9.77. The SMILES string of the molecule is Cc1ncc2n1Cc1ccc(C#N)c(c1)Oc1ccc(CC3COC(C)(C)O3)c(c1)CN1CCN(CC1=O)C2. The van der Waals surface area contributed by atoms with E-state index in [0.29, 0.717) is 62.8 Å². The molecule has 5 heterocycles. The predicted octanol–water partition coefficient (Wildman–Crippen LogP) is 3.76. The first-order chi connectivity index (χ1) is 18.8. The first-order valence-corrected chi connectivity index (χ1v) is 13.4. The second-order valence-electron chi connectivity index (χ2n) is 11.0. The average molecular weight is 528 g/mol.